The van der Waals surface area contributed by atoms with Crippen LogP contribution in [-0.4, -0.2) is 69.5 Å². The van der Waals surface area contributed by atoms with E-state index in [-0.39, 0.29) is 5.75 Å². The molecule has 0 saturated carbocycles. The summed E-state index contributed by atoms with van der Waals surface area (Å²) in [5.41, 5.74) is 0. The highest BCUT2D eigenvalue weighted by molar-refractivity contribution is 7.90. The molecule has 0 aromatic heterocycles. The minimum absolute atomic E-state index is 0.270. The van der Waals surface area contributed by atoms with Gasteiger partial charge in [-0.25, -0.2) is 8.42 Å². The molecule has 0 bridgehead atoms. The molecule has 1 heterocycles. The Kier molecular flexibility index (Phi) is 3.92. The highest BCUT2D eigenvalue weighted by Gasteiger charge is 2.28. The van der Waals surface area contributed by atoms with Crippen molar-refractivity contribution in [2.45, 2.75) is 13.0 Å². The molecule has 1 aliphatic rings. The lowest BCUT2D eigenvalue weighted by molar-refractivity contribution is 0.0574. The average Bonchev–Trinajstić information content (AvgIpc) is 1.97. The summed E-state index contributed by atoms with van der Waals surface area (Å²) < 4.78 is 21.9. The Balaban J connectivity index is 2.21. The number of sulfone groups is 1. The summed E-state index contributed by atoms with van der Waals surface area (Å²) in [7, 11) is -0.808. The van der Waals surface area contributed by atoms with Gasteiger partial charge in [0, 0.05) is 31.9 Å². The van der Waals surface area contributed by atoms with Crippen molar-refractivity contribution in [3.63, 3.8) is 0 Å². The molecule has 14 heavy (non-hydrogen) atoms. The Morgan fingerprint density at radius 3 is 2.43 bits per heavy atom. The Hall–Kier alpha value is -0.130. The Bertz CT molecular complexity index is 271. The zero-order valence-corrected chi connectivity index (χ0v) is 10.0. The third-order valence-electron chi connectivity index (χ3n) is 2.82. The lowest BCUT2D eigenvalue weighted by atomic mass is 10.1. The van der Waals surface area contributed by atoms with E-state index in [1.165, 1.54) is 6.26 Å². The summed E-state index contributed by atoms with van der Waals surface area (Å²) in [4.78, 5) is 4.49. The number of likely N-dealkylation sites (N-methyl/N-ethyl adjacent to an activating group) is 2. The van der Waals surface area contributed by atoms with Crippen LogP contribution in [0.25, 0.3) is 0 Å². The highest BCUT2D eigenvalue weighted by atomic mass is 32.2. The van der Waals surface area contributed by atoms with Gasteiger partial charge in [-0.1, -0.05) is 6.92 Å². The molecule has 1 fully saturated rings. The number of hydrogen-bond donors (Lipinski definition) is 0. The fourth-order valence-electron chi connectivity index (χ4n) is 1.57. The topological polar surface area (TPSA) is 40.6 Å². The van der Waals surface area contributed by atoms with Crippen LogP contribution in [0.15, 0.2) is 0 Å². The molecule has 0 aromatic carbocycles. The molecule has 0 aliphatic carbocycles. The zero-order valence-electron chi connectivity index (χ0n) is 9.23. The molecule has 5 heteroatoms. The summed E-state index contributed by atoms with van der Waals surface area (Å²) in [5, 5.41) is 0. The maximum Gasteiger partial charge on any atom is 0.148 e. The van der Waals surface area contributed by atoms with Crippen LogP contribution in [0.1, 0.15) is 6.92 Å². The van der Waals surface area contributed by atoms with E-state index < -0.39 is 9.84 Å². The molecule has 0 amide bonds. The summed E-state index contributed by atoms with van der Waals surface area (Å²) in [6.07, 6.45) is 1.29. The normalized spacial score (nSPS) is 20.0. The van der Waals surface area contributed by atoms with E-state index in [0.717, 1.165) is 19.6 Å². The Morgan fingerprint density at radius 1 is 1.43 bits per heavy atom. The van der Waals surface area contributed by atoms with Crippen LogP contribution in [0.2, 0.25) is 0 Å². The predicted molar refractivity (Wildman–Crippen MR) is 58.2 cm³/mol. The van der Waals surface area contributed by atoms with Gasteiger partial charge >= 0.3 is 0 Å². The second kappa shape index (κ2) is 4.59. The zero-order chi connectivity index (χ0) is 10.8. The molecule has 0 atom stereocenters. The van der Waals surface area contributed by atoms with Crippen molar-refractivity contribution < 1.29 is 8.42 Å². The fourth-order valence-corrected chi connectivity index (χ4v) is 2.19. The second-order valence-corrected chi connectivity index (χ2v) is 6.38. The lowest BCUT2D eigenvalue weighted by Crippen LogP contribution is -2.58. The van der Waals surface area contributed by atoms with E-state index in [9.17, 15) is 8.42 Å². The third-order valence-corrected chi connectivity index (χ3v) is 3.75. The van der Waals surface area contributed by atoms with Crippen LogP contribution in [-0.2, 0) is 9.84 Å². The van der Waals surface area contributed by atoms with Gasteiger partial charge in [-0.05, 0) is 13.6 Å². The average molecular weight is 220 g/mol. The minimum atomic E-state index is -2.81. The van der Waals surface area contributed by atoms with Crippen molar-refractivity contribution in [1.82, 2.24) is 9.80 Å². The van der Waals surface area contributed by atoms with Gasteiger partial charge < -0.3 is 4.90 Å². The molecule has 0 radical (unpaired) electrons. The SMILES string of the molecule is CCN1CC(N(C)CCS(C)(=O)=O)C1. The molecule has 1 aliphatic heterocycles. The van der Waals surface area contributed by atoms with Gasteiger partial charge in [0.25, 0.3) is 0 Å². The van der Waals surface area contributed by atoms with Crippen molar-refractivity contribution in [1.29, 1.82) is 0 Å². The number of nitrogens with zero attached hydrogens (tertiary/aromatic N) is 2. The largest absolute Gasteiger partial charge is 0.300 e. The Labute approximate surface area is 86.8 Å². The first-order valence-electron chi connectivity index (χ1n) is 5.02. The smallest absolute Gasteiger partial charge is 0.148 e. The minimum Gasteiger partial charge on any atom is -0.300 e. The van der Waals surface area contributed by atoms with Crippen molar-refractivity contribution >= 4 is 9.84 Å². The van der Waals surface area contributed by atoms with Crippen LogP contribution in [0, 0.1) is 0 Å². The van der Waals surface area contributed by atoms with E-state index in [0.29, 0.717) is 12.6 Å². The first-order valence-corrected chi connectivity index (χ1v) is 7.08. The van der Waals surface area contributed by atoms with Gasteiger partial charge in [-0.3, -0.25) is 4.90 Å². The molecule has 0 N–H and O–H groups in total. The Morgan fingerprint density at radius 2 is 2.00 bits per heavy atom. The summed E-state index contributed by atoms with van der Waals surface area (Å²) in [5.74, 6) is 0.270. The first kappa shape index (κ1) is 11.9. The van der Waals surface area contributed by atoms with Gasteiger partial charge in [0.2, 0.25) is 0 Å². The second-order valence-electron chi connectivity index (χ2n) is 4.12. The summed E-state index contributed by atoms with van der Waals surface area (Å²) in [6.45, 7) is 6.05. The van der Waals surface area contributed by atoms with Crippen LogP contribution in [0.3, 0.4) is 0 Å². The molecule has 84 valence electrons. The van der Waals surface area contributed by atoms with E-state index in [4.69, 9.17) is 0 Å². The molecule has 4 nitrogen and oxygen atoms in total. The summed E-state index contributed by atoms with van der Waals surface area (Å²) >= 11 is 0. The van der Waals surface area contributed by atoms with Crippen LogP contribution in [0.5, 0.6) is 0 Å². The lowest BCUT2D eigenvalue weighted by Gasteiger charge is -2.43. The number of hydrogen-bond acceptors (Lipinski definition) is 4. The number of rotatable bonds is 5. The predicted octanol–water partition coefficient (Wildman–Crippen LogP) is -0.333. The van der Waals surface area contributed by atoms with Crippen molar-refractivity contribution in [2.75, 3.05) is 45.2 Å². The van der Waals surface area contributed by atoms with Crippen molar-refractivity contribution in [3.8, 4) is 0 Å². The van der Waals surface area contributed by atoms with Gasteiger partial charge in [0.05, 0.1) is 5.75 Å². The monoisotopic (exact) mass is 220 g/mol. The van der Waals surface area contributed by atoms with Crippen molar-refractivity contribution in [2.24, 2.45) is 0 Å². The molecule has 0 aromatic rings. The van der Waals surface area contributed by atoms with E-state index in [1.54, 1.807) is 0 Å². The molecule has 1 rings (SSSR count). The van der Waals surface area contributed by atoms with Crippen LogP contribution in [0.4, 0.5) is 0 Å². The standard InChI is InChI=1S/C9H20N2O2S/c1-4-11-7-9(8-11)10(2)5-6-14(3,12)13/h9H,4-8H2,1-3H3. The van der Waals surface area contributed by atoms with E-state index in [1.807, 2.05) is 7.05 Å². The van der Waals surface area contributed by atoms with Gasteiger partial charge in [-0.2, -0.15) is 0 Å². The number of likely N-dealkylation sites (tertiary alicyclic amines) is 1. The van der Waals surface area contributed by atoms with Gasteiger partial charge in [0.1, 0.15) is 9.84 Å². The van der Waals surface area contributed by atoms with Gasteiger partial charge in [-0.15, -0.1) is 0 Å². The van der Waals surface area contributed by atoms with Crippen LogP contribution >= 0.6 is 0 Å². The van der Waals surface area contributed by atoms with Gasteiger partial charge in [0.15, 0.2) is 0 Å². The first-order chi connectivity index (χ1) is 6.42. The summed E-state index contributed by atoms with van der Waals surface area (Å²) in [6, 6.07) is 0.552. The highest BCUT2D eigenvalue weighted by Crippen LogP contribution is 2.12. The maximum atomic E-state index is 10.9. The van der Waals surface area contributed by atoms with Crippen molar-refractivity contribution in [3.05, 3.63) is 0 Å². The van der Waals surface area contributed by atoms with E-state index >= 15 is 0 Å². The van der Waals surface area contributed by atoms with Crippen LogP contribution < -0.4 is 0 Å². The molecule has 0 spiro atoms. The molecule has 0 unspecified atom stereocenters. The molecule has 1 saturated heterocycles. The van der Waals surface area contributed by atoms with E-state index in [2.05, 4.69) is 16.7 Å². The quantitative estimate of drug-likeness (QED) is 0.636. The molecular formula is C9H20N2O2S. The maximum absolute atomic E-state index is 10.9. The third kappa shape index (κ3) is 3.55. The molecular weight excluding hydrogens is 200 g/mol. The fraction of sp³-hybridized carbons (Fsp3) is 1.00.